The summed E-state index contributed by atoms with van der Waals surface area (Å²) in [4.78, 5) is 25.5. The highest BCUT2D eigenvalue weighted by Gasteiger charge is 2.31. The van der Waals surface area contributed by atoms with E-state index in [1.54, 1.807) is 4.90 Å². The van der Waals surface area contributed by atoms with Crippen LogP contribution in [0.4, 0.5) is 13.2 Å². The molecule has 1 aliphatic heterocycles. The fraction of sp³-hybridized carbons (Fsp3) is 0.579. The third-order valence-electron chi connectivity index (χ3n) is 5.40. The number of benzene rings is 1. The lowest BCUT2D eigenvalue weighted by molar-refractivity contribution is -0.134. The van der Waals surface area contributed by atoms with Gasteiger partial charge in [0.1, 0.15) is 5.82 Å². The molecule has 1 heterocycles. The van der Waals surface area contributed by atoms with Crippen LogP contribution >= 0.6 is 0 Å². The van der Waals surface area contributed by atoms with Crippen molar-refractivity contribution in [1.29, 1.82) is 0 Å². The van der Waals surface area contributed by atoms with Crippen LogP contribution in [0.25, 0.3) is 0 Å². The average Bonchev–Trinajstić information content (AvgIpc) is 3.49. The Morgan fingerprint density at radius 3 is 2.33 bits per heavy atom. The van der Waals surface area contributed by atoms with Gasteiger partial charge in [0, 0.05) is 31.1 Å². The summed E-state index contributed by atoms with van der Waals surface area (Å²) in [6.07, 6.45) is 3.19. The minimum atomic E-state index is -1.22. The monoisotopic (exact) mass is 383 g/mol. The zero-order valence-electron chi connectivity index (χ0n) is 15.0. The molecule has 3 N–H and O–H groups in total. The van der Waals surface area contributed by atoms with Gasteiger partial charge in [0.2, 0.25) is 11.8 Å². The van der Waals surface area contributed by atoms with Gasteiger partial charge >= 0.3 is 0 Å². The summed E-state index contributed by atoms with van der Waals surface area (Å²) in [6, 6.07) is 0.983. The van der Waals surface area contributed by atoms with Crippen LogP contribution in [0.5, 0.6) is 0 Å². The number of nitrogens with one attached hydrogen (secondary N) is 1. The smallest absolute Gasteiger partial charge is 0.241 e. The van der Waals surface area contributed by atoms with Gasteiger partial charge in [0.25, 0.3) is 0 Å². The van der Waals surface area contributed by atoms with Gasteiger partial charge in [-0.2, -0.15) is 0 Å². The average molecular weight is 383 g/mol. The van der Waals surface area contributed by atoms with Crippen LogP contribution in [0, 0.1) is 29.3 Å². The van der Waals surface area contributed by atoms with Crippen LogP contribution in [0.1, 0.15) is 31.2 Å². The minimum absolute atomic E-state index is 0.00607. The summed E-state index contributed by atoms with van der Waals surface area (Å²) < 4.78 is 40.1. The largest absolute Gasteiger partial charge is 0.347 e. The van der Waals surface area contributed by atoms with E-state index in [1.807, 2.05) is 0 Å². The van der Waals surface area contributed by atoms with E-state index >= 15 is 0 Å². The van der Waals surface area contributed by atoms with Crippen molar-refractivity contribution in [3.63, 3.8) is 0 Å². The van der Waals surface area contributed by atoms with E-state index in [0.29, 0.717) is 32.0 Å². The van der Waals surface area contributed by atoms with Crippen molar-refractivity contribution >= 4 is 11.8 Å². The topological polar surface area (TPSA) is 75.4 Å². The van der Waals surface area contributed by atoms with E-state index < -0.39 is 23.5 Å². The first kappa shape index (κ1) is 19.7. The fourth-order valence-electron chi connectivity index (χ4n) is 3.48. The Morgan fingerprint density at radius 1 is 1.07 bits per heavy atom. The quantitative estimate of drug-likeness (QED) is 0.735. The first-order valence-electron chi connectivity index (χ1n) is 9.29. The van der Waals surface area contributed by atoms with Crippen LogP contribution in [-0.4, -0.2) is 42.4 Å². The lowest BCUT2D eigenvalue weighted by Crippen LogP contribution is -2.47. The Morgan fingerprint density at radius 2 is 1.70 bits per heavy atom. The van der Waals surface area contributed by atoms with Crippen molar-refractivity contribution < 1.29 is 22.8 Å². The number of piperidine rings is 1. The Labute approximate surface area is 156 Å². The maximum Gasteiger partial charge on any atom is 0.241 e. The van der Waals surface area contributed by atoms with Crippen molar-refractivity contribution in [3.05, 3.63) is 35.1 Å². The SMILES string of the molecule is NC(Cc1cc(F)c(F)cc1F)C1CCN(C(=O)CNC(=O)C2CC2)CC1. The standard InChI is InChI=1S/C19H24F3N3O2/c20-14-9-16(22)15(21)7-13(14)8-17(23)11-3-5-25(6-4-11)18(26)10-24-19(27)12-1-2-12/h7,9,11-12,17H,1-6,8,10,23H2,(H,24,27). The van der Waals surface area contributed by atoms with E-state index in [9.17, 15) is 22.8 Å². The molecule has 0 spiro atoms. The predicted molar refractivity (Wildman–Crippen MR) is 93.0 cm³/mol. The number of nitrogens with two attached hydrogens (primary N) is 1. The molecule has 27 heavy (non-hydrogen) atoms. The number of carbonyl (C=O) groups excluding carboxylic acids is 2. The van der Waals surface area contributed by atoms with Crippen LogP contribution in [-0.2, 0) is 16.0 Å². The molecule has 1 aliphatic carbocycles. The van der Waals surface area contributed by atoms with Crippen molar-refractivity contribution in [2.75, 3.05) is 19.6 Å². The number of carbonyl (C=O) groups is 2. The molecule has 8 heteroatoms. The number of likely N-dealkylation sites (tertiary alicyclic amines) is 1. The van der Waals surface area contributed by atoms with E-state index in [2.05, 4.69) is 5.32 Å². The molecule has 1 atom stereocenters. The number of nitrogens with zero attached hydrogens (tertiary/aromatic N) is 1. The van der Waals surface area contributed by atoms with Gasteiger partial charge in [-0.15, -0.1) is 0 Å². The normalized spacial score (nSPS) is 19.0. The second-order valence-corrected chi connectivity index (χ2v) is 7.44. The van der Waals surface area contributed by atoms with Crippen molar-refractivity contribution in [3.8, 4) is 0 Å². The number of halogens is 3. The highest BCUT2D eigenvalue weighted by atomic mass is 19.2. The molecule has 2 fully saturated rings. The third kappa shape index (κ3) is 5.00. The molecule has 0 aromatic heterocycles. The van der Waals surface area contributed by atoms with E-state index in [1.165, 1.54) is 0 Å². The second kappa shape index (κ2) is 8.29. The lowest BCUT2D eigenvalue weighted by atomic mass is 9.86. The van der Waals surface area contributed by atoms with Gasteiger partial charge in [-0.05, 0) is 49.7 Å². The molecule has 148 valence electrons. The first-order chi connectivity index (χ1) is 12.8. The number of amides is 2. The van der Waals surface area contributed by atoms with Gasteiger partial charge in [0.15, 0.2) is 11.6 Å². The van der Waals surface area contributed by atoms with Crippen LogP contribution < -0.4 is 11.1 Å². The summed E-state index contributed by atoms with van der Waals surface area (Å²) in [7, 11) is 0. The Kier molecular flexibility index (Phi) is 6.04. The Bertz CT molecular complexity index is 716. The van der Waals surface area contributed by atoms with Crippen molar-refractivity contribution in [2.24, 2.45) is 17.6 Å². The fourth-order valence-corrected chi connectivity index (χ4v) is 3.48. The highest BCUT2D eigenvalue weighted by molar-refractivity contribution is 5.86. The molecule has 1 saturated heterocycles. The molecule has 1 saturated carbocycles. The molecule has 0 radical (unpaired) electrons. The second-order valence-electron chi connectivity index (χ2n) is 7.44. The number of rotatable bonds is 6. The summed E-state index contributed by atoms with van der Waals surface area (Å²) >= 11 is 0. The summed E-state index contributed by atoms with van der Waals surface area (Å²) in [5, 5.41) is 2.66. The van der Waals surface area contributed by atoms with E-state index in [4.69, 9.17) is 5.73 Å². The zero-order valence-corrected chi connectivity index (χ0v) is 15.0. The molecule has 1 unspecified atom stereocenters. The molecule has 0 bridgehead atoms. The maximum absolute atomic E-state index is 13.8. The minimum Gasteiger partial charge on any atom is -0.347 e. The first-order valence-corrected chi connectivity index (χ1v) is 9.29. The maximum atomic E-state index is 13.8. The Hall–Kier alpha value is -2.09. The van der Waals surface area contributed by atoms with Crippen LogP contribution in [0.3, 0.4) is 0 Å². The molecule has 1 aromatic carbocycles. The van der Waals surface area contributed by atoms with Crippen LogP contribution in [0.15, 0.2) is 12.1 Å². The van der Waals surface area contributed by atoms with Gasteiger partial charge in [0.05, 0.1) is 6.54 Å². The molecule has 2 aliphatic rings. The molecule has 2 amide bonds. The molecule has 3 rings (SSSR count). The van der Waals surface area contributed by atoms with Crippen molar-refractivity contribution in [2.45, 2.75) is 38.1 Å². The zero-order chi connectivity index (χ0) is 19.6. The molecule has 5 nitrogen and oxygen atoms in total. The van der Waals surface area contributed by atoms with E-state index in [0.717, 1.165) is 18.9 Å². The van der Waals surface area contributed by atoms with E-state index in [-0.39, 0.29) is 42.2 Å². The van der Waals surface area contributed by atoms with Gasteiger partial charge in [-0.25, -0.2) is 13.2 Å². The summed E-state index contributed by atoms with van der Waals surface area (Å²) in [6.45, 7) is 1.03. The molecular formula is C19H24F3N3O2. The van der Waals surface area contributed by atoms with Gasteiger partial charge in [-0.1, -0.05) is 0 Å². The summed E-state index contributed by atoms with van der Waals surface area (Å²) in [5.74, 6) is -3.17. The summed E-state index contributed by atoms with van der Waals surface area (Å²) in [5.41, 5.74) is 6.21. The van der Waals surface area contributed by atoms with Gasteiger partial charge in [-0.3, -0.25) is 9.59 Å². The van der Waals surface area contributed by atoms with Crippen molar-refractivity contribution in [1.82, 2.24) is 10.2 Å². The van der Waals surface area contributed by atoms with Gasteiger partial charge < -0.3 is 16.0 Å². The Balaban J connectivity index is 1.46. The number of hydrogen-bond donors (Lipinski definition) is 2. The lowest BCUT2D eigenvalue weighted by Gasteiger charge is -2.35. The molecular weight excluding hydrogens is 359 g/mol. The highest BCUT2D eigenvalue weighted by Crippen LogP contribution is 2.28. The third-order valence-corrected chi connectivity index (χ3v) is 5.40. The predicted octanol–water partition coefficient (Wildman–Crippen LogP) is 1.74. The number of hydrogen-bond acceptors (Lipinski definition) is 3. The van der Waals surface area contributed by atoms with Crippen LogP contribution in [0.2, 0.25) is 0 Å². The molecule has 1 aromatic rings.